The van der Waals surface area contributed by atoms with E-state index < -0.39 is 0 Å². The highest BCUT2D eigenvalue weighted by molar-refractivity contribution is 6.09. The van der Waals surface area contributed by atoms with Crippen LogP contribution in [0.2, 0.25) is 0 Å². The molecule has 0 radical (unpaired) electrons. The van der Waals surface area contributed by atoms with Crippen molar-refractivity contribution in [3.63, 3.8) is 0 Å². The minimum absolute atomic E-state index is 0.626. The lowest BCUT2D eigenvalue weighted by Gasteiger charge is -2.02. The zero-order chi connectivity index (χ0) is 10.1. The van der Waals surface area contributed by atoms with Crippen molar-refractivity contribution >= 4 is 5.71 Å². The van der Waals surface area contributed by atoms with Gasteiger partial charge < -0.3 is 5.41 Å². The van der Waals surface area contributed by atoms with Crippen LogP contribution in [0, 0.1) is 5.41 Å². The number of allylic oxidation sites excluding steroid dienone is 6. The Bertz CT molecular complexity index is 232. The van der Waals surface area contributed by atoms with Gasteiger partial charge in [0.1, 0.15) is 0 Å². The van der Waals surface area contributed by atoms with Gasteiger partial charge >= 0.3 is 0 Å². The number of hydrogen-bond acceptors (Lipinski definition) is 1. The molecule has 1 rings (SSSR count). The van der Waals surface area contributed by atoms with Gasteiger partial charge in [-0.05, 0) is 18.1 Å². The maximum absolute atomic E-state index is 7.52. The molecule has 0 heterocycles. The summed E-state index contributed by atoms with van der Waals surface area (Å²) in [4.78, 5) is 0. The van der Waals surface area contributed by atoms with Gasteiger partial charge in [0.05, 0.1) is 5.71 Å². The van der Waals surface area contributed by atoms with E-state index in [0.29, 0.717) is 5.71 Å². The van der Waals surface area contributed by atoms with E-state index in [1.165, 1.54) is 0 Å². The number of hydrogen-bond donors (Lipinski definition) is 1. The molecule has 1 aliphatic carbocycles. The quantitative estimate of drug-likeness (QED) is 0.661. The van der Waals surface area contributed by atoms with Crippen LogP contribution in [0.15, 0.2) is 36.0 Å². The molecule has 0 aromatic rings. The summed E-state index contributed by atoms with van der Waals surface area (Å²) in [7, 11) is 0. The molecule has 1 heteroatoms. The SMILES string of the molecule is CC.CCC/C=C1\C=CC=CC1=N. The Morgan fingerprint density at radius 1 is 1.23 bits per heavy atom. The van der Waals surface area contributed by atoms with Crippen molar-refractivity contribution in [1.82, 2.24) is 0 Å². The fourth-order valence-electron chi connectivity index (χ4n) is 0.975. The highest BCUT2D eigenvalue weighted by Gasteiger charge is 1.98. The third-order valence-electron chi connectivity index (χ3n) is 1.61. The van der Waals surface area contributed by atoms with Crippen LogP contribution in [0.3, 0.4) is 0 Å². The fourth-order valence-corrected chi connectivity index (χ4v) is 0.975. The molecule has 0 aliphatic heterocycles. The van der Waals surface area contributed by atoms with Gasteiger partial charge in [0, 0.05) is 0 Å². The second-order valence-electron chi connectivity index (χ2n) is 2.58. The van der Waals surface area contributed by atoms with Crippen molar-refractivity contribution in [3.8, 4) is 0 Å². The molecule has 0 atom stereocenters. The summed E-state index contributed by atoms with van der Waals surface area (Å²) in [5.41, 5.74) is 1.68. The minimum Gasteiger partial charge on any atom is -0.300 e. The Kier molecular flexibility index (Phi) is 6.89. The molecule has 0 aromatic heterocycles. The molecule has 0 bridgehead atoms. The Morgan fingerprint density at radius 2 is 1.85 bits per heavy atom. The lowest BCUT2D eigenvalue weighted by atomic mass is 10.0. The molecular formula is C12H19N. The summed E-state index contributed by atoms with van der Waals surface area (Å²) in [6.07, 6.45) is 12.0. The highest BCUT2D eigenvalue weighted by atomic mass is 14.4. The molecule has 0 amide bonds. The maximum Gasteiger partial charge on any atom is 0.0608 e. The highest BCUT2D eigenvalue weighted by Crippen LogP contribution is 2.08. The van der Waals surface area contributed by atoms with Crippen molar-refractivity contribution in [3.05, 3.63) is 36.0 Å². The van der Waals surface area contributed by atoms with Gasteiger partial charge in [-0.1, -0.05) is 51.5 Å². The van der Waals surface area contributed by atoms with E-state index in [4.69, 9.17) is 5.41 Å². The van der Waals surface area contributed by atoms with E-state index >= 15 is 0 Å². The molecule has 0 fully saturated rings. The third-order valence-corrected chi connectivity index (χ3v) is 1.61. The van der Waals surface area contributed by atoms with Gasteiger partial charge in [-0.2, -0.15) is 0 Å². The molecule has 72 valence electrons. The molecule has 0 saturated carbocycles. The van der Waals surface area contributed by atoms with Crippen LogP contribution in [0.4, 0.5) is 0 Å². The maximum atomic E-state index is 7.52. The van der Waals surface area contributed by atoms with Crippen LogP contribution < -0.4 is 0 Å². The van der Waals surface area contributed by atoms with Crippen molar-refractivity contribution in [2.24, 2.45) is 0 Å². The van der Waals surface area contributed by atoms with Crippen molar-refractivity contribution in [1.29, 1.82) is 5.41 Å². The zero-order valence-electron chi connectivity index (χ0n) is 8.80. The van der Waals surface area contributed by atoms with E-state index in [9.17, 15) is 0 Å². The van der Waals surface area contributed by atoms with Crippen LogP contribution in [-0.2, 0) is 0 Å². The van der Waals surface area contributed by atoms with Gasteiger partial charge in [0.25, 0.3) is 0 Å². The summed E-state index contributed by atoms with van der Waals surface area (Å²) >= 11 is 0. The Balaban J connectivity index is 0.000000671. The Labute approximate surface area is 81.4 Å². The number of unbranched alkanes of at least 4 members (excludes halogenated alkanes) is 1. The molecular weight excluding hydrogens is 158 g/mol. The summed E-state index contributed by atoms with van der Waals surface area (Å²) in [5.74, 6) is 0. The second-order valence-corrected chi connectivity index (χ2v) is 2.58. The van der Waals surface area contributed by atoms with Gasteiger partial charge in [-0.15, -0.1) is 0 Å². The third kappa shape index (κ3) is 4.46. The van der Waals surface area contributed by atoms with Gasteiger partial charge in [-0.25, -0.2) is 0 Å². The standard InChI is InChI=1S/C10H13N.C2H6/c1-2-3-6-9-7-4-5-8-10(9)11;1-2/h4-8,11H,2-3H2,1H3;1-2H3/b9-6+,11-10?;. The largest absolute Gasteiger partial charge is 0.300 e. The van der Waals surface area contributed by atoms with Gasteiger partial charge in [-0.3, -0.25) is 0 Å². The van der Waals surface area contributed by atoms with E-state index in [0.717, 1.165) is 18.4 Å². The normalized spacial score (nSPS) is 17.2. The fraction of sp³-hybridized carbons (Fsp3) is 0.417. The molecule has 0 unspecified atom stereocenters. The predicted octanol–water partition coefficient (Wildman–Crippen LogP) is 3.88. The van der Waals surface area contributed by atoms with Crippen molar-refractivity contribution in [2.45, 2.75) is 33.6 Å². The Morgan fingerprint density at radius 3 is 2.38 bits per heavy atom. The first-order chi connectivity index (χ1) is 6.34. The molecule has 1 aliphatic rings. The van der Waals surface area contributed by atoms with Gasteiger partial charge in [0.15, 0.2) is 0 Å². The lowest BCUT2D eigenvalue weighted by Crippen LogP contribution is -1.96. The number of rotatable bonds is 2. The average molecular weight is 177 g/mol. The van der Waals surface area contributed by atoms with Gasteiger partial charge in [0.2, 0.25) is 0 Å². The predicted molar refractivity (Wildman–Crippen MR) is 60.3 cm³/mol. The topological polar surface area (TPSA) is 23.9 Å². The molecule has 0 aromatic carbocycles. The Hall–Kier alpha value is -1.11. The van der Waals surface area contributed by atoms with Crippen LogP contribution in [0.1, 0.15) is 33.6 Å². The monoisotopic (exact) mass is 177 g/mol. The smallest absolute Gasteiger partial charge is 0.0608 e. The van der Waals surface area contributed by atoms with Crippen molar-refractivity contribution < 1.29 is 0 Å². The molecule has 13 heavy (non-hydrogen) atoms. The first-order valence-corrected chi connectivity index (χ1v) is 4.98. The van der Waals surface area contributed by atoms with Crippen LogP contribution in [0.5, 0.6) is 0 Å². The second kappa shape index (κ2) is 7.53. The summed E-state index contributed by atoms with van der Waals surface area (Å²) in [5, 5.41) is 7.52. The molecule has 1 N–H and O–H groups in total. The summed E-state index contributed by atoms with van der Waals surface area (Å²) < 4.78 is 0. The van der Waals surface area contributed by atoms with Crippen LogP contribution in [-0.4, -0.2) is 5.71 Å². The first-order valence-electron chi connectivity index (χ1n) is 4.98. The van der Waals surface area contributed by atoms with E-state index in [1.54, 1.807) is 0 Å². The summed E-state index contributed by atoms with van der Waals surface area (Å²) in [6.45, 7) is 6.14. The van der Waals surface area contributed by atoms with Crippen LogP contribution >= 0.6 is 0 Å². The minimum atomic E-state index is 0.626. The summed E-state index contributed by atoms with van der Waals surface area (Å²) in [6, 6.07) is 0. The first kappa shape index (κ1) is 11.9. The molecule has 0 spiro atoms. The average Bonchev–Trinajstić information content (AvgIpc) is 2.20. The van der Waals surface area contributed by atoms with Crippen LogP contribution in [0.25, 0.3) is 0 Å². The van der Waals surface area contributed by atoms with E-state index in [2.05, 4.69) is 13.0 Å². The molecule has 1 nitrogen and oxygen atoms in total. The van der Waals surface area contributed by atoms with E-state index in [-0.39, 0.29) is 0 Å². The zero-order valence-corrected chi connectivity index (χ0v) is 8.80. The van der Waals surface area contributed by atoms with Crippen molar-refractivity contribution in [2.75, 3.05) is 0 Å². The lowest BCUT2D eigenvalue weighted by molar-refractivity contribution is 0.956. The van der Waals surface area contributed by atoms with E-state index in [1.807, 2.05) is 38.2 Å². The number of nitrogens with one attached hydrogen (secondary N) is 1. The molecule has 0 saturated heterocycles.